The Balaban J connectivity index is 0.000000566. The zero-order valence-corrected chi connectivity index (χ0v) is 24.4. The number of aryl methyl sites for hydroxylation is 1. The summed E-state index contributed by atoms with van der Waals surface area (Å²) >= 11 is 0. The number of ether oxygens (including phenoxy) is 1. The van der Waals surface area contributed by atoms with Crippen LogP contribution in [0.1, 0.15) is 50.8 Å². The zero-order valence-electron chi connectivity index (χ0n) is 23.5. The standard InChI is InChI=1S/C24H28F3N5O4S.C2HF3O2/c1-14-4-5-15(37(34,35)31-22-6-8-23(9-7-22,36-13-22)21(2,3)33)10-16(14)17-11-29-20-19(28)30-18(12-32(17)20)24(25,26)27;3-2(4,5)1(6)7/h4-5,10-12,31,33H,6-9,13H2,1-3H3,(H2,28,30);(H,6,7). The third-order valence-electron chi connectivity index (χ3n) is 7.95. The van der Waals surface area contributed by atoms with Gasteiger partial charge in [0.25, 0.3) is 0 Å². The number of aliphatic hydroxyl groups is 1. The van der Waals surface area contributed by atoms with Gasteiger partial charge in [-0.2, -0.15) is 26.3 Å². The van der Waals surface area contributed by atoms with Crippen molar-refractivity contribution in [1.29, 1.82) is 0 Å². The van der Waals surface area contributed by atoms with E-state index >= 15 is 0 Å². The van der Waals surface area contributed by atoms with Gasteiger partial charge in [-0.3, -0.25) is 4.40 Å². The van der Waals surface area contributed by atoms with Crippen LogP contribution in [0.4, 0.5) is 32.2 Å². The maximum absolute atomic E-state index is 13.5. The van der Waals surface area contributed by atoms with E-state index in [1.165, 1.54) is 22.7 Å². The van der Waals surface area contributed by atoms with Crippen LogP contribution in [-0.2, 0) is 25.7 Å². The van der Waals surface area contributed by atoms with Crippen LogP contribution >= 0.6 is 0 Å². The Labute approximate surface area is 247 Å². The number of benzene rings is 1. The van der Waals surface area contributed by atoms with Crippen LogP contribution in [0.5, 0.6) is 0 Å². The number of hydrogen-bond donors (Lipinski definition) is 4. The summed E-state index contributed by atoms with van der Waals surface area (Å²) in [7, 11) is -4.02. The lowest BCUT2D eigenvalue weighted by Crippen LogP contribution is -2.68. The lowest BCUT2D eigenvalue weighted by molar-refractivity contribution is -0.235. The summed E-state index contributed by atoms with van der Waals surface area (Å²) in [5, 5.41) is 17.7. The first kappa shape index (κ1) is 33.4. The number of alkyl halides is 6. The summed E-state index contributed by atoms with van der Waals surface area (Å²) in [5.41, 5.74) is 3.28. The van der Waals surface area contributed by atoms with E-state index in [1.807, 2.05) is 0 Å². The number of nitrogens with one attached hydrogen (secondary N) is 1. The van der Waals surface area contributed by atoms with Gasteiger partial charge in [0.15, 0.2) is 17.2 Å². The highest BCUT2D eigenvalue weighted by Gasteiger charge is 2.57. The maximum Gasteiger partial charge on any atom is 0.490 e. The Morgan fingerprint density at radius 1 is 1.11 bits per heavy atom. The van der Waals surface area contributed by atoms with Gasteiger partial charge >= 0.3 is 18.3 Å². The SMILES string of the molecule is Cc1ccc(S(=O)(=O)NC23CCC(C(C)(C)O)(CC2)OC3)cc1-c1cnc2c(N)nc(C(F)(F)F)cn12.O=C(O)C(F)(F)F. The molecule has 0 amide bonds. The second kappa shape index (κ2) is 10.8. The summed E-state index contributed by atoms with van der Waals surface area (Å²) in [6, 6.07) is 4.45. The van der Waals surface area contributed by atoms with Crippen LogP contribution < -0.4 is 10.5 Å². The molecule has 0 atom stereocenters. The number of nitrogens with zero attached hydrogens (tertiary/aromatic N) is 3. The Morgan fingerprint density at radius 2 is 1.70 bits per heavy atom. The maximum atomic E-state index is 13.5. The molecule has 2 aliphatic heterocycles. The van der Waals surface area contributed by atoms with E-state index in [0.717, 1.165) is 6.20 Å². The van der Waals surface area contributed by atoms with Crippen molar-refractivity contribution in [2.24, 2.45) is 0 Å². The number of fused-ring (bicyclic) bond motifs is 4. The van der Waals surface area contributed by atoms with Crippen molar-refractivity contribution < 1.29 is 54.5 Å². The summed E-state index contributed by atoms with van der Waals surface area (Å²) in [6.45, 7) is 5.25. The second-order valence-electron chi connectivity index (χ2n) is 11.4. The zero-order chi connectivity index (χ0) is 33.1. The van der Waals surface area contributed by atoms with E-state index in [0.29, 0.717) is 36.8 Å². The smallest absolute Gasteiger partial charge is 0.475 e. The number of anilines is 1. The average molecular weight is 654 g/mol. The monoisotopic (exact) mass is 653 g/mol. The van der Waals surface area contributed by atoms with Crippen LogP contribution in [0.3, 0.4) is 0 Å². The molecule has 1 aliphatic carbocycles. The largest absolute Gasteiger partial charge is 0.490 e. The number of carboxylic acids is 1. The molecule has 4 heterocycles. The van der Waals surface area contributed by atoms with Crippen LogP contribution in [0, 0.1) is 6.92 Å². The van der Waals surface area contributed by atoms with Gasteiger partial charge in [-0.05, 0) is 64.2 Å². The molecular formula is C26H29F6N5O6S. The number of sulfonamides is 1. The van der Waals surface area contributed by atoms with E-state index < -0.39 is 50.8 Å². The summed E-state index contributed by atoms with van der Waals surface area (Å²) in [6.07, 6.45) is -5.64. The number of carbonyl (C=O) groups is 1. The fourth-order valence-electron chi connectivity index (χ4n) is 5.35. The number of hydrogen-bond acceptors (Lipinski definition) is 8. The molecule has 44 heavy (non-hydrogen) atoms. The van der Waals surface area contributed by atoms with E-state index in [-0.39, 0.29) is 28.7 Å². The lowest BCUT2D eigenvalue weighted by atomic mass is 9.66. The van der Waals surface area contributed by atoms with Crippen LogP contribution in [0.25, 0.3) is 16.9 Å². The number of rotatable bonds is 5. The number of imidazole rings is 1. The van der Waals surface area contributed by atoms with Gasteiger partial charge in [0, 0.05) is 11.8 Å². The molecular weight excluding hydrogens is 624 g/mol. The molecule has 18 heteroatoms. The molecule has 1 aromatic carbocycles. The quantitative estimate of drug-likeness (QED) is 0.297. The number of aliphatic carboxylic acids is 1. The van der Waals surface area contributed by atoms with E-state index in [2.05, 4.69) is 14.7 Å². The average Bonchev–Trinajstić information content (AvgIpc) is 3.32. The minimum Gasteiger partial charge on any atom is -0.475 e. The van der Waals surface area contributed by atoms with Gasteiger partial charge in [-0.15, -0.1) is 0 Å². The van der Waals surface area contributed by atoms with Crippen molar-refractivity contribution in [3.63, 3.8) is 0 Å². The molecule has 5 N–H and O–H groups in total. The van der Waals surface area contributed by atoms with Crippen LogP contribution in [0.15, 0.2) is 35.5 Å². The minimum absolute atomic E-state index is 0.0320. The van der Waals surface area contributed by atoms with Crippen LogP contribution in [-0.4, -0.2) is 68.5 Å². The van der Waals surface area contributed by atoms with Crippen molar-refractivity contribution in [1.82, 2.24) is 19.1 Å². The second-order valence-corrected chi connectivity index (χ2v) is 13.0. The van der Waals surface area contributed by atoms with Gasteiger partial charge in [0.05, 0.1) is 40.1 Å². The molecule has 6 rings (SSSR count). The Kier molecular flexibility index (Phi) is 8.24. The third-order valence-corrected chi connectivity index (χ3v) is 9.53. The lowest BCUT2D eigenvalue weighted by Gasteiger charge is -2.57. The molecule has 3 fully saturated rings. The molecule has 2 saturated heterocycles. The van der Waals surface area contributed by atoms with E-state index in [1.54, 1.807) is 26.8 Å². The highest BCUT2D eigenvalue weighted by Crippen LogP contribution is 2.49. The summed E-state index contributed by atoms with van der Waals surface area (Å²) < 4.78 is 109. The first-order valence-electron chi connectivity index (χ1n) is 13.0. The molecule has 0 radical (unpaired) electrons. The highest BCUT2D eigenvalue weighted by molar-refractivity contribution is 7.89. The van der Waals surface area contributed by atoms with Crippen LogP contribution in [0.2, 0.25) is 0 Å². The van der Waals surface area contributed by atoms with Gasteiger partial charge in [0.2, 0.25) is 10.0 Å². The molecule has 0 spiro atoms. The molecule has 3 aromatic rings. The number of halogens is 6. The summed E-state index contributed by atoms with van der Waals surface area (Å²) in [5.74, 6) is -3.15. The van der Waals surface area contributed by atoms with Crippen molar-refractivity contribution in [2.45, 2.75) is 80.4 Å². The van der Waals surface area contributed by atoms with Crippen molar-refractivity contribution in [3.8, 4) is 11.3 Å². The molecule has 1 saturated carbocycles. The highest BCUT2D eigenvalue weighted by atomic mass is 32.2. The van der Waals surface area contributed by atoms with Gasteiger partial charge in [-0.25, -0.2) is 27.9 Å². The Morgan fingerprint density at radius 3 is 2.18 bits per heavy atom. The van der Waals surface area contributed by atoms with Gasteiger partial charge < -0.3 is 20.7 Å². The third kappa shape index (κ3) is 6.33. The Hall–Kier alpha value is -3.48. The van der Waals surface area contributed by atoms with Crippen molar-refractivity contribution in [2.75, 3.05) is 12.3 Å². The molecule has 0 unspecified atom stereocenters. The van der Waals surface area contributed by atoms with Crippen molar-refractivity contribution >= 4 is 27.5 Å². The number of aromatic nitrogens is 3. The first-order chi connectivity index (χ1) is 20.0. The molecule has 11 nitrogen and oxygen atoms in total. The first-order valence-corrected chi connectivity index (χ1v) is 14.5. The predicted molar refractivity (Wildman–Crippen MR) is 143 cm³/mol. The summed E-state index contributed by atoms with van der Waals surface area (Å²) in [4.78, 5) is 16.4. The minimum atomic E-state index is -5.08. The molecule has 2 bridgehead atoms. The topological polar surface area (TPSA) is 169 Å². The van der Waals surface area contributed by atoms with Crippen molar-refractivity contribution in [3.05, 3.63) is 41.9 Å². The molecule has 3 aliphatic rings. The number of nitrogens with two attached hydrogens (primary N) is 1. The van der Waals surface area contributed by atoms with E-state index in [9.17, 15) is 39.9 Å². The Bertz CT molecular complexity index is 1670. The number of carboxylic acid groups (broad SMARTS) is 1. The van der Waals surface area contributed by atoms with E-state index in [4.69, 9.17) is 20.4 Å². The fraction of sp³-hybridized carbons (Fsp3) is 0.500. The normalized spacial score (nSPS) is 22.5. The predicted octanol–water partition coefficient (Wildman–Crippen LogP) is 4.07. The van der Waals surface area contributed by atoms with Gasteiger partial charge in [-0.1, -0.05) is 6.07 Å². The number of nitrogen functional groups attached to an aromatic ring is 1. The molecule has 242 valence electrons. The van der Waals surface area contributed by atoms with Gasteiger partial charge in [0.1, 0.15) is 0 Å². The molecule has 2 aromatic heterocycles. The fourth-order valence-corrected chi connectivity index (χ4v) is 6.82.